The third kappa shape index (κ3) is 9.40. The van der Waals surface area contributed by atoms with Crippen molar-refractivity contribution >= 4 is 30.2 Å². The Balaban J connectivity index is 2.17. The number of amides is 1. The van der Waals surface area contributed by atoms with E-state index in [1.807, 2.05) is 30.1 Å². The zero-order chi connectivity index (χ0) is 27.4. The topological polar surface area (TPSA) is 78.5 Å². The molecule has 6 nitrogen and oxygen atoms in total. The minimum Gasteiger partial charge on any atom is -0.358 e. The van der Waals surface area contributed by atoms with Gasteiger partial charge in [0, 0.05) is 48.8 Å². The second kappa shape index (κ2) is 15.7. The quantitative estimate of drug-likeness (QED) is 0.235. The van der Waals surface area contributed by atoms with Crippen molar-refractivity contribution in [1.29, 1.82) is 0 Å². The van der Waals surface area contributed by atoms with Crippen LogP contribution in [0.3, 0.4) is 0 Å². The summed E-state index contributed by atoms with van der Waals surface area (Å²) < 4.78 is 0. The highest BCUT2D eigenvalue weighted by Crippen LogP contribution is 2.30. The first-order chi connectivity index (χ1) is 17.7. The van der Waals surface area contributed by atoms with Crippen molar-refractivity contribution in [2.24, 2.45) is 11.8 Å². The summed E-state index contributed by atoms with van der Waals surface area (Å²) in [7, 11) is 3.46. The highest BCUT2D eigenvalue weighted by molar-refractivity contribution is 7.98. The molecule has 2 rings (SSSR count). The van der Waals surface area contributed by atoms with Gasteiger partial charge >= 0.3 is 0 Å². The average Bonchev–Trinajstić information content (AvgIpc) is 2.87. The van der Waals surface area contributed by atoms with Crippen LogP contribution < -0.4 is 10.6 Å². The molecule has 0 aromatic heterocycles. The summed E-state index contributed by atoms with van der Waals surface area (Å²) in [4.78, 5) is 38.2. The zero-order valence-electron chi connectivity index (χ0n) is 23.1. The zero-order valence-corrected chi connectivity index (χ0v) is 23.9. The number of aldehydes is 2. The Hall–Kier alpha value is -2.48. The maximum Gasteiger partial charge on any atom is 0.237 e. The van der Waals surface area contributed by atoms with Crippen molar-refractivity contribution in [3.05, 3.63) is 64.7 Å². The summed E-state index contributed by atoms with van der Waals surface area (Å²) in [6.45, 7) is 10.3. The van der Waals surface area contributed by atoms with Crippen LogP contribution in [-0.2, 0) is 28.4 Å². The van der Waals surface area contributed by atoms with Crippen LogP contribution in [0.15, 0.2) is 47.4 Å². The van der Waals surface area contributed by atoms with Crippen molar-refractivity contribution in [3.8, 4) is 0 Å². The number of hydrogen-bond donors (Lipinski definition) is 2. The standard InChI is InChI=1S/C30H43N3O3S/c1-21(2)29(22(3)4)32-17-23-10-7-11-24(16-23)20-37-28-14-8-12-25(19-35)26(28)18-33(6)27(13-9-15-34)30(36)31-5/h7-8,10-12,14-16,19,21-22,27,29,32H,9,13,17-18,20H2,1-6H3,(H,31,36). The van der Waals surface area contributed by atoms with Gasteiger partial charge in [0.1, 0.15) is 12.6 Å². The van der Waals surface area contributed by atoms with E-state index in [0.29, 0.717) is 42.8 Å². The molecule has 2 aromatic rings. The fourth-order valence-electron chi connectivity index (χ4n) is 4.77. The SMILES string of the molecule is CNC(=O)C(CCC=O)N(C)Cc1c(C=O)cccc1SCc1cccc(CNC(C(C)C)C(C)C)c1. The number of rotatable bonds is 16. The van der Waals surface area contributed by atoms with Crippen LogP contribution >= 0.6 is 11.8 Å². The van der Waals surface area contributed by atoms with Gasteiger partial charge in [-0.25, -0.2) is 0 Å². The van der Waals surface area contributed by atoms with E-state index in [1.54, 1.807) is 18.8 Å². The van der Waals surface area contributed by atoms with Gasteiger partial charge in [-0.1, -0.05) is 64.1 Å². The van der Waals surface area contributed by atoms with Gasteiger partial charge < -0.3 is 15.4 Å². The second-order valence-corrected chi connectivity index (χ2v) is 11.3. The predicted molar refractivity (Wildman–Crippen MR) is 153 cm³/mol. The average molecular weight is 526 g/mol. The third-order valence-electron chi connectivity index (χ3n) is 6.71. The van der Waals surface area contributed by atoms with E-state index in [-0.39, 0.29) is 5.91 Å². The Morgan fingerprint density at radius 3 is 2.32 bits per heavy atom. The number of hydrogen-bond acceptors (Lipinski definition) is 6. The molecule has 0 radical (unpaired) electrons. The lowest BCUT2D eigenvalue weighted by Crippen LogP contribution is -2.43. The number of nitrogens with zero attached hydrogens (tertiary/aromatic N) is 1. The van der Waals surface area contributed by atoms with E-state index < -0.39 is 6.04 Å². The van der Waals surface area contributed by atoms with E-state index in [4.69, 9.17) is 0 Å². The number of benzene rings is 2. The molecule has 37 heavy (non-hydrogen) atoms. The van der Waals surface area contributed by atoms with Gasteiger partial charge in [-0.3, -0.25) is 14.5 Å². The molecule has 1 unspecified atom stereocenters. The molecular formula is C30H43N3O3S. The number of carbonyl (C=O) groups is 3. The Labute approximate surface area is 227 Å². The summed E-state index contributed by atoms with van der Waals surface area (Å²) >= 11 is 1.70. The van der Waals surface area contributed by atoms with Crippen LogP contribution in [0.5, 0.6) is 0 Å². The minimum atomic E-state index is -0.447. The van der Waals surface area contributed by atoms with Crippen LogP contribution in [0, 0.1) is 11.8 Å². The predicted octanol–water partition coefficient (Wildman–Crippen LogP) is 5.09. The molecule has 0 bridgehead atoms. The summed E-state index contributed by atoms with van der Waals surface area (Å²) in [5.74, 6) is 1.78. The highest BCUT2D eigenvalue weighted by Gasteiger charge is 2.23. The molecule has 2 aromatic carbocycles. The molecule has 0 saturated carbocycles. The summed E-state index contributed by atoms with van der Waals surface area (Å²) in [5, 5.41) is 6.40. The van der Waals surface area contributed by atoms with Gasteiger partial charge in [0.15, 0.2) is 0 Å². The molecule has 7 heteroatoms. The number of thioether (sulfide) groups is 1. The summed E-state index contributed by atoms with van der Waals surface area (Å²) in [5.41, 5.74) is 4.00. The van der Waals surface area contributed by atoms with E-state index in [0.717, 1.165) is 35.3 Å². The Bertz CT molecular complexity index is 1020. The van der Waals surface area contributed by atoms with E-state index in [1.165, 1.54) is 11.1 Å². The van der Waals surface area contributed by atoms with Crippen LogP contribution in [0.25, 0.3) is 0 Å². The molecule has 0 aliphatic rings. The van der Waals surface area contributed by atoms with Crippen molar-refractivity contribution in [3.63, 3.8) is 0 Å². The molecule has 1 amide bonds. The lowest BCUT2D eigenvalue weighted by Gasteiger charge is -2.27. The van der Waals surface area contributed by atoms with Crippen LogP contribution in [0.1, 0.15) is 67.6 Å². The number of likely N-dealkylation sites (N-methyl/N-ethyl adjacent to an activating group) is 2. The molecule has 1 atom stereocenters. The van der Waals surface area contributed by atoms with Crippen molar-refractivity contribution in [1.82, 2.24) is 15.5 Å². The van der Waals surface area contributed by atoms with E-state index in [9.17, 15) is 14.4 Å². The molecule has 0 spiro atoms. The smallest absolute Gasteiger partial charge is 0.237 e. The largest absolute Gasteiger partial charge is 0.358 e. The second-order valence-electron chi connectivity index (χ2n) is 10.2. The third-order valence-corrected chi connectivity index (χ3v) is 7.88. The van der Waals surface area contributed by atoms with Gasteiger partial charge in [-0.15, -0.1) is 11.8 Å². The van der Waals surface area contributed by atoms with Crippen LogP contribution in [0.2, 0.25) is 0 Å². The molecule has 0 aliphatic carbocycles. The summed E-state index contributed by atoms with van der Waals surface area (Å²) in [6.07, 6.45) is 2.44. The molecule has 0 fully saturated rings. The number of nitrogens with one attached hydrogen (secondary N) is 2. The Morgan fingerprint density at radius 2 is 1.70 bits per heavy atom. The van der Waals surface area contributed by atoms with Gasteiger partial charge in [-0.2, -0.15) is 0 Å². The minimum absolute atomic E-state index is 0.135. The van der Waals surface area contributed by atoms with Crippen LogP contribution in [0.4, 0.5) is 0 Å². The Morgan fingerprint density at radius 1 is 1.03 bits per heavy atom. The number of carbonyl (C=O) groups excluding carboxylic acids is 3. The summed E-state index contributed by atoms with van der Waals surface area (Å²) in [6, 6.07) is 14.4. The first-order valence-corrected chi connectivity index (χ1v) is 14.1. The highest BCUT2D eigenvalue weighted by atomic mass is 32.2. The lowest BCUT2D eigenvalue weighted by atomic mass is 9.93. The monoisotopic (exact) mass is 525 g/mol. The molecule has 0 heterocycles. The van der Waals surface area contributed by atoms with E-state index in [2.05, 4.69) is 62.6 Å². The molecule has 2 N–H and O–H groups in total. The van der Waals surface area contributed by atoms with Gasteiger partial charge in [0.05, 0.1) is 6.04 Å². The van der Waals surface area contributed by atoms with Gasteiger partial charge in [0.25, 0.3) is 0 Å². The van der Waals surface area contributed by atoms with Crippen molar-refractivity contribution < 1.29 is 14.4 Å². The maximum absolute atomic E-state index is 12.5. The molecule has 202 valence electrons. The van der Waals surface area contributed by atoms with Crippen LogP contribution in [-0.4, -0.2) is 49.6 Å². The van der Waals surface area contributed by atoms with Crippen molar-refractivity contribution in [2.75, 3.05) is 14.1 Å². The maximum atomic E-state index is 12.5. The van der Waals surface area contributed by atoms with Gasteiger partial charge in [0.2, 0.25) is 5.91 Å². The lowest BCUT2D eigenvalue weighted by molar-refractivity contribution is -0.126. The molecular weight excluding hydrogens is 482 g/mol. The molecule has 0 aliphatic heterocycles. The first-order valence-electron chi connectivity index (χ1n) is 13.1. The first kappa shape index (κ1) is 30.7. The fourth-order valence-corrected chi connectivity index (χ4v) is 5.80. The Kier molecular flexibility index (Phi) is 13.0. The van der Waals surface area contributed by atoms with Gasteiger partial charge in [-0.05, 0) is 48.1 Å². The van der Waals surface area contributed by atoms with E-state index >= 15 is 0 Å². The fraction of sp³-hybridized carbons (Fsp3) is 0.500. The molecule has 0 saturated heterocycles. The normalized spacial score (nSPS) is 12.4. The van der Waals surface area contributed by atoms with Crippen molar-refractivity contribution in [2.45, 2.75) is 76.4 Å².